The predicted octanol–water partition coefficient (Wildman–Crippen LogP) is 2.70. The highest BCUT2D eigenvalue weighted by Gasteiger charge is 2.27. The number of nitrogens with zero attached hydrogens (tertiary/aromatic N) is 2. The van der Waals surface area contributed by atoms with Crippen molar-refractivity contribution in [1.82, 2.24) is 9.47 Å². The number of ether oxygens (including phenoxy) is 1. The Morgan fingerprint density at radius 3 is 2.46 bits per heavy atom. The Labute approximate surface area is 148 Å². The molecule has 1 aromatic heterocycles. The van der Waals surface area contributed by atoms with Crippen molar-refractivity contribution in [3.63, 3.8) is 0 Å². The number of benzene rings is 1. The SMILES string of the molecule is COc1ccc(-n2c(C)cc(C(=O)N3CC[C@@H](N)C3)c2C)cc1.Cl. The van der Waals surface area contributed by atoms with Crippen molar-refractivity contribution in [2.24, 2.45) is 5.73 Å². The fourth-order valence-corrected chi connectivity index (χ4v) is 3.25. The van der Waals surface area contributed by atoms with Crippen molar-refractivity contribution >= 4 is 18.3 Å². The summed E-state index contributed by atoms with van der Waals surface area (Å²) in [6.07, 6.45) is 0.878. The smallest absolute Gasteiger partial charge is 0.255 e. The molecular weight excluding hydrogens is 326 g/mol. The van der Waals surface area contributed by atoms with Gasteiger partial charge < -0.3 is 19.9 Å². The van der Waals surface area contributed by atoms with Crippen LogP contribution in [0.1, 0.15) is 28.2 Å². The maximum atomic E-state index is 12.7. The first-order chi connectivity index (χ1) is 11.0. The third-order valence-electron chi connectivity index (χ3n) is 4.50. The van der Waals surface area contributed by atoms with Crippen molar-refractivity contribution in [3.05, 3.63) is 47.3 Å². The van der Waals surface area contributed by atoms with Crippen LogP contribution >= 0.6 is 12.4 Å². The highest BCUT2D eigenvalue weighted by Crippen LogP contribution is 2.24. The van der Waals surface area contributed by atoms with Crippen LogP contribution in [0.3, 0.4) is 0 Å². The molecule has 1 atom stereocenters. The van der Waals surface area contributed by atoms with Gasteiger partial charge in [-0.2, -0.15) is 0 Å². The van der Waals surface area contributed by atoms with E-state index in [9.17, 15) is 4.79 Å². The molecule has 1 aliphatic rings. The molecule has 2 heterocycles. The first-order valence-corrected chi connectivity index (χ1v) is 7.89. The standard InChI is InChI=1S/C18H23N3O2.ClH/c1-12-10-17(18(22)20-9-8-14(19)11-20)13(2)21(12)15-4-6-16(23-3)7-5-15;/h4-7,10,14H,8-9,11,19H2,1-3H3;1H/t14-;/m1./s1. The van der Waals surface area contributed by atoms with E-state index in [1.54, 1.807) is 7.11 Å². The van der Waals surface area contributed by atoms with Crippen LogP contribution in [-0.2, 0) is 0 Å². The highest BCUT2D eigenvalue weighted by atomic mass is 35.5. The highest BCUT2D eigenvalue weighted by molar-refractivity contribution is 5.96. The Morgan fingerprint density at radius 1 is 1.25 bits per heavy atom. The first-order valence-electron chi connectivity index (χ1n) is 7.89. The molecule has 0 bridgehead atoms. The van der Waals surface area contributed by atoms with Gasteiger partial charge in [0.1, 0.15) is 5.75 Å². The Hall–Kier alpha value is -1.98. The van der Waals surface area contributed by atoms with Gasteiger partial charge in [0.05, 0.1) is 12.7 Å². The quantitative estimate of drug-likeness (QED) is 0.926. The van der Waals surface area contributed by atoms with Gasteiger partial charge in [-0.05, 0) is 50.6 Å². The van der Waals surface area contributed by atoms with Crippen molar-refractivity contribution in [3.8, 4) is 11.4 Å². The summed E-state index contributed by atoms with van der Waals surface area (Å²) in [7, 11) is 1.65. The zero-order valence-corrected chi connectivity index (χ0v) is 15.1. The number of likely N-dealkylation sites (tertiary alicyclic amines) is 1. The van der Waals surface area contributed by atoms with E-state index in [2.05, 4.69) is 4.57 Å². The van der Waals surface area contributed by atoms with Gasteiger partial charge in [0.15, 0.2) is 0 Å². The number of methoxy groups -OCH3 is 1. The van der Waals surface area contributed by atoms with Crippen LogP contribution < -0.4 is 10.5 Å². The minimum atomic E-state index is 0. The van der Waals surface area contributed by atoms with Gasteiger partial charge in [0.2, 0.25) is 0 Å². The number of hydrogen-bond donors (Lipinski definition) is 1. The maximum absolute atomic E-state index is 12.7. The van der Waals surface area contributed by atoms with Gasteiger partial charge >= 0.3 is 0 Å². The van der Waals surface area contributed by atoms with Gasteiger partial charge in [0.25, 0.3) is 5.91 Å². The summed E-state index contributed by atoms with van der Waals surface area (Å²) in [4.78, 5) is 14.6. The largest absolute Gasteiger partial charge is 0.497 e. The van der Waals surface area contributed by atoms with Crippen LogP contribution in [0.4, 0.5) is 0 Å². The van der Waals surface area contributed by atoms with Crippen LogP contribution in [0.15, 0.2) is 30.3 Å². The predicted molar refractivity (Wildman–Crippen MR) is 97.5 cm³/mol. The molecule has 2 aromatic rings. The normalized spacial score (nSPS) is 16.8. The average Bonchev–Trinajstić information content (AvgIpc) is 3.10. The fourth-order valence-electron chi connectivity index (χ4n) is 3.25. The molecule has 5 nitrogen and oxygen atoms in total. The monoisotopic (exact) mass is 349 g/mol. The molecule has 1 saturated heterocycles. The molecule has 0 unspecified atom stereocenters. The topological polar surface area (TPSA) is 60.5 Å². The van der Waals surface area contributed by atoms with Crippen LogP contribution in [0.2, 0.25) is 0 Å². The molecule has 1 aliphatic heterocycles. The van der Waals surface area contributed by atoms with Crippen LogP contribution in [0.25, 0.3) is 5.69 Å². The summed E-state index contributed by atoms with van der Waals surface area (Å²) >= 11 is 0. The molecule has 130 valence electrons. The lowest BCUT2D eigenvalue weighted by atomic mass is 10.2. The molecular formula is C18H24ClN3O2. The molecule has 0 aliphatic carbocycles. The summed E-state index contributed by atoms with van der Waals surface area (Å²) in [5.74, 6) is 0.893. The zero-order chi connectivity index (χ0) is 16.6. The van der Waals surface area contributed by atoms with E-state index in [1.165, 1.54) is 0 Å². The molecule has 1 aromatic carbocycles. The number of hydrogen-bond acceptors (Lipinski definition) is 3. The summed E-state index contributed by atoms with van der Waals surface area (Å²) < 4.78 is 7.30. The summed E-state index contributed by atoms with van der Waals surface area (Å²) in [5.41, 5.74) is 9.70. The van der Waals surface area contributed by atoms with E-state index in [-0.39, 0.29) is 24.4 Å². The Kier molecular flexibility index (Phi) is 5.57. The molecule has 3 rings (SSSR count). The molecule has 0 spiro atoms. The van der Waals surface area contributed by atoms with E-state index < -0.39 is 0 Å². The number of nitrogens with two attached hydrogens (primary N) is 1. The second-order valence-electron chi connectivity index (χ2n) is 6.12. The molecule has 1 amide bonds. The lowest BCUT2D eigenvalue weighted by Crippen LogP contribution is -2.32. The number of halogens is 1. The van der Waals surface area contributed by atoms with E-state index >= 15 is 0 Å². The van der Waals surface area contributed by atoms with Crippen LogP contribution in [-0.4, -0.2) is 41.6 Å². The zero-order valence-electron chi connectivity index (χ0n) is 14.3. The van der Waals surface area contributed by atoms with Gasteiger partial charge in [-0.25, -0.2) is 0 Å². The van der Waals surface area contributed by atoms with E-state index in [4.69, 9.17) is 10.5 Å². The second kappa shape index (κ2) is 7.28. The number of aromatic nitrogens is 1. The average molecular weight is 350 g/mol. The van der Waals surface area contributed by atoms with Crippen molar-refractivity contribution in [1.29, 1.82) is 0 Å². The second-order valence-corrected chi connectivity index (χ2v) is 6.12. The van der Waals surface area contributed by atoms with Gasteiger partial charge in [-0.1, -0.05) is 0 Å². The number of aryl methyl sites for hydroxylation is 1. The van der Waals surface area contributed by atoms with Gasteiger partial charge in [0, 0.05) is 36.2 Å². The molecule has 0 saturated carbocycles. The van der Waals surface area contributed by atoms with Crippen LogP contribution in [0, 0.1) is 13.8 Å². The Bertz CT molecular complexity index is 725. The molecule has 1 fully saturated rings. The number of carbonyl (C=O) groups excluding carboxylic acids is 1. The van der Waals surface area contributed by atoms with Gasteiger partial charge in [-0.15, -0.1) is 12.4 Å². The van der Waals surface area contributed by atoms with E-state index in [0.29, 0.717) is 6.54 Å². The molecule has 6 heteroatoms. The lowest BCUT2D eigenvalue weighted by molar-refractivity contribution is 0.0790. The third-order valence-corrected chi connectivity index (χ3v) is 4.50. The lowest BCUT2D eigenvalue weighted by Gasteiger charge is -2.16. The minimum Gasteiger partial charge on any atom is -0.497 e. The fraction of sp³-hybridized carbons (Fsp3) is 0.389. The number of amides is 1. The Morgan fingerprint density at radius 2 is 1.92 bits per heavy atom. The van der Waals surface area contributed by atoms with Crippen molar-refractivity contribution < 1.29 is 9.53 Å². The Balaban J connectivity index is 0.00000208. The third kappa shape index (κ3) is 3.28. The van der Waals surface area contributed by atoms with E-state index in [1.807, 2.05) is 49.1 Å². The van der Waals surface area contributed by atoms with Crippen molar-refractivity contribution in [2.45, 2.75) is 26.3 Å². The first kappa shape index (κ1) is 18.4. The minimum absolute atomic E-state index is 0. The molecule has 24 heavy (non-hydrogen) atoms. The van der Waals surface area contributed by atoms with E-state index in [0.717, 1.165) is 41.4 Å². The summed E-state index contributed by atoms with van der Waals surface area (Å²) in [5, 5.41) is 0. The van der Waals surface area contributed by atoms with Crippen molar-refractivity contribution in [2.75, 3.05) is 20.2 Å². The molecule has 2 N–H and O–H groups in total. The maximum Gasteiger partial charge on any atom is 0.255 e. The van der Waals surface area contributed by atoms with Gasteiger partial charge in [-0.3, -0.25) is 4.79 Å². The molecule has 0 radical (unpaired) electrons. The van der Waals surface area contributed by atoms with Crippen LogP contribution in [0.5, 0.6) is 5.75 Å². The summed E-state index contributed by atoms with van der Waals surface area (Å²) in [6.45, 7) is 5.39. The number of rotatable bonds is 3. The summed E-state index contributed by atoms with van der Waals surface area (Å²) in [6, 6.07) is 9.91. The number of carbonyl (C=O) groups is 1.